The molecule has 6 heteroatoms. The van der Waals surface area contributed by atoms with E-state index in [9.17, 15) is 8.42 Å². The van der Waals surface area contributed by atoms with Crippen molar-refractivity contribution in [1.82, 2.24) is 0 Å². The average Bonchev–Trinajstić information content (AvgIpc) is 2.39. The molecule has 0 aliphatic rings. The lowest BCUT2D eigenvalue weighted by Gasteiger charge is -2.21. The summed E-state index contributed by atoms with van der Waals surface area (Å²) in [5, 5.41) is 0. The maximum atomic E-state index is 11.7. The zero-order chi connectivity index (χ0) is 14.3. The maximum Gasteiger partial charge on any atom is 0.234 e. The Balaban J connectivity index is 2.71. The van der Waals surface area contributed by atoms with Crippen LogP contribution in [0.5, 0.6) is 0 Å². The van der Waals surface area contributed by atoms with E-state index in [-0.39, 0.29) is 12.4 Å². The van der Waals surface area contributed by atoms with Crippen LogP contribution in [0.15, 0.2) is 24.3 Å². The van der Waals surface area contributed by atoms with Gasteiger partial charge < -0.3 is 9.64 Å². The lowest BCUT2D eigenvalue weighted by molar-refractivity contribution is 0.217. The van der Waals surface area contributed by atoms with Crippen molar-refractivity contribution in [2.75, 3.05) is 42.2 Å². The van der Waals surface area contributed by atoms with Gasteiger partial charge in [0.05, 0.1) is 12.4 Å². The largest absolute Gasteiger partial charge is 0.384 e. The van der Waals surface area contributed by atoms with Gasteiger partial charge in [-0.2, -0.15) is 0 Å². The average molecular weight is 286 g/mol. The third-order valence-corrected chi connectivity index (χ3v) is 4.08. The minimum atomic E-state index is -3.33. The fourth-order valence-electron chi connectivity index (χ4n) is 1.75. The van der Waals surface area contributed by atoms with E-state index in [0.29, 0.717) is 5.69 Å². The van der Waals surface area contributed by atoms with Crippen LogP contribution in [-0.4, -0.2) is 41.0 Å². The predicted molar refractivity (Wildman–Crippen MR) is 79.3 cm³/mol. The number of benzene rings is 1. The highest BCUT2D eigenvalue weighted by atomic mass is 32.2. The molecule has 0 aromatic heterocycles. The van der Waals surface area contributed by atoms with Gasteiger partial charge in [0.25, 0.3) is 0 Å². The molecule has 0 amide bonds. The van der Waals surface area contributed by atoms with Crippen molar-refractivity contribution < 1.29 is 13.2 Å². The Morgan fingerprint density at radius 3 is 2.21 bits per heavy atom. The molecule has 0 spiro atoms. The van der Waals surface area contributed by atoms with E-state index in [4.69, 9.17) is 4.74 Å². The van der Waals surface area contributed by atoms with Gasteiger partial charge in [-0.25, -0.2) is 8.42 Å². The molecule has 0 atom stereocenters. The normalized spacial score (nSPS) is 11.3. The van der Waals surface area contributed by atoms with Crippen LogP contribution in [0.4, 0.5) is 11.4 Å². The van der Waals surface area contributed by atoms with E-state index in [1.54, 1.807) is 12.1 Å². The molecule has 0 saturated carbocycles. The van der Waals surface area contributed by atoms with Gasteiger partial charge in [-0.05, 0) is 38.1 Å². The van der Waals surface area contributed by atoms with Gasteiger partial charge in [0.1, 0.15) is 0 Å². The number of anilines is 2. The number of nitrogens with one attached hydrogen (secondary N) is 1. The Labute approximate surface area is 115 Å². The first-order valence-electron chi connectivity index (χ1n) is 6.36. The van der Waals surface area contributed by atoms with Crippen LogP contribution in [0, 0.1) is 0 Å². The topological polar surface area (TPSA) is 58.6 Å². The Kier molecular flexibility index (Phi) is 6.11. The Morgan fingerprint density at radius 2 is 1.74 bits per heavy atom. The molecule has 19 heavy (non-hydrogen) atoms. The summed E-state index contributed by atoms with van der Waals surface area (Å²) in [5.41, 5.74) is 1.66. The Morgan fingerprint density at radius 1 is 1.16 bits per heavy atom. The van der Waals surface area contributed by atoms with Gasteiger partial charge in [-0.1, -0.05) is 0 Å². The highest BCUT2D eigenvalue weighted by Gasteiger charge is 2.10. The molecule has 0 bridgehead atoms. The highest BCUT2D eigenvalue weighted by Crippen LogP contribution is 2.18. The van der Waals surface area contributed by atoms with Gasteiger partial charge in [-0.15, -0.1) is 0 Å². The van der Waals surface area contributed by atoms with E-state index in [1.165, 1.54) is 7.11 Å². The molecule has 1 N–H and O–H groups in total. The first-order valence-corrected chi connectivity index (χ1v) is 8.02. The number of sulfonamides is 1. The summed E-state index contributed by atoms with van der Waals surface area (Å²) in [6, 6.07) is 7.39. The minimum absolute atomic E-state index is 0.0404. The van der Waals surface area contributed by atoms with E-state index in [0.717, 1.165) is 18.8 Å². The summed E-state index contributed by atoms with van der Waals surface area (Å²) in [7, 11) is -1.85. The smallest absolute Gasteiger partial charge is 0.234 e. The van der Waals surface area contributed by atoms with Crippen molar-refractivity contribution in [3.8, 4) is 0 Å². The molecule has 0 heterocycles. The number of nitrogens with zero attached hydrogens (tertiary/aromatic N) is 1. The van der Waals surface area contributed by atoms with Crippen molar-refractivity contribution in [1.29, 1.82) is 0 Å². The molecule has 0 saturated heterocycles. The van der Waals surface area contributed by atoms with Crippen molar-refractivity contribution in [2.45, 2.75) is 13.8 Å². The van der Waals surface area contributed by atoms with E-state index in [1.807, 2.05) is 12.1 Å². The Bertz CT molecular complexity index is 467. The van der Waals surface area contributed by atoms with Crippen LogP contribution in [0.25, 0.3) is 0 Å². The lowest BCUT2D eigenvalue weighted by Crippen LogP contribution is -2.22. The SMILES string of the molecule is CCN(CC)c1ccc(NS(=O)(=O)CCOC)cc1. The molecule has 108 valence electrons. The fourth-order valence-corrected chi connectivity index (χ4v) is 2.74. The summed E-state index contributed by atoms with van der Waals surface area (Å²) >= 11 is 0. The van der Waals surface area contributed by atoms with Crippen LogP contribution >= 0.6 is 0 Å². The first-order chi connectivity index (χ1) is 9.02. The predicted octanol–water partition coefficient (Wildman–Crippen LogP) is 1.92. The lowest BCUT2D eigenvalue weighted by atomic mass is 10.2. The minimum Gasteiger partial charge on any atom is -0.384 e. The van der Waals surface area contributed by atoms with Gasteiger partial charge in [-0.3, -0.25) is 4.72 Å². The summed E-state index contributed by atoms with van der Waals surface area (Å²) in [6.07, 6.45) is 0. The summed E-state index contributed by atoms with van der Waals surface area (Å²) in [5.74, 6) is -0.0404. The monoisotopic (exact) mass is 286 g/mol. The van der Waals surface area contributed by atoms with Crippen molar-refractivity contribution in [2.24, 2.45) is 0 Å². The summed E-state index contributed by atoms with van der Waals surface area (Å²) in [4.78, 5) is 2.20. The second-order valence-electron chi connectivity index (χ2n) is 4.13. The maximum absolute atomic E-state index is 11.7. The zero-order valence-electron chi connectivity index (χ0n) is 11.7. The molecule has 1 aromatic carbocycles. The number of hydrogen-bond donors (Lipinski definition) is 1. The molecule has 0 fully saturated rings. The summed E-state index contributed by atoms with van der Waals surface area (Å²) < 4.78 is 30.7. The van der Waals surface area contributed by atoms with Gasteiger partial charge in [0.2, 0.25) is 10.0 Å². The summed E-state index contributed by atoms with van der Waals surface area (Å²) in [6.45, 7) is 6.22. The van der Waals surface area contributed by atoms with Gasteiger partial charge in [0, 0.05) is 31.6 Å². The van der Waals surface area contributed by atoms with E-state index in [2.05, 4.69) is 23.5 Å². The standard InChI is InChI=1S/C13H22N2O3S/c1-4-15(5-2)13-8-6-12(7-9-13)14-19(16,17)11-10-18-3/h6-9,14H,4-5,10-11H2,1-3H3. The van der Waals surface area contributed by atoms with Crippen LogP contribution in [-0.2, 0) is 14.8 Å². The number of methoxy groups -OCH3 is 1. The highest BCUT2D eigenvalue weighted by molar-refractivity contribution is 7.92. The number of ether oxygens (including phenoxy) is 1. The fraction of sp³-hybridized carbons (Fsp3) is 0.538. The van der Waals surface area contributed by atoms with Crippen molar-refractivity contribution in [3.05, 3.63) is 24.3 Å². The van der Waals surface area contributed by atoms with Crippen LogP contribution in [0.1, 0.15) is 13.8 Å². The molecule has 0 aliphatic heterocycles. The molecule has 1 rings (SSSR count). The second kappa shape index (κ2) is 7.35. The molecule has 0 unspecified atom stereocenters. The molecular formula is C13H22N2O3S. The van der Waals surface area contributed by atoms with E-state index < -0.39 is 10.0 Å². The number of hydrogen-bond acceptors (Lipinski definition) is 4. The molecular weight excluding hydrogens is 264 g/mol. The van der Waals surface area contributed by atoms with Gasteiger partial charge >= 0.3 is 0 Å². The quantitative estimate of drug-likeness (QED) is 0.793. The first kappa shape index (κ1) is 15.8. The van der Waals surface area contributed by atoms with Crippen LogP contribution in [0.3, 0.4) is 0 Å². The third-order valence-electron chi connectivity index (χ3n) is 2.83. The van der Waals surface area contributed by atoms with Gasteiger partial charge in [0.15, 0.2) is 0 Å². The Hall–Kier alpha value is -1.27. The zero-order valence-corrected chi connectivity index (χ0v) is 12.5. The van der Waals surface area contributed by atoms with Crippen molar-refractivity contribution >= 4 is 21.4 Å². The molecule has 5 nitrogen and oxygen atoms in total. The number of rotatable bonds is 8. The molecule has 0 aliphatic carbocycles. The molecule has 0 radical (unpaired) electrons. The molecule has 1 aromatic rings. The third kappa shape index (κ3) is 5.08. The van der Waals surface area contributed by atoms with E-state index >= 15 is 0 Å². The second-order valence-corrected chi connectivity index (χ2v) is 5.97. The van der Waals surface area contributed by atoms with Crippen molar-refractivity contribution in [3.63, 3.8) is 0 Å². The van der Waals surface area contributed by atoms with Crippen LogP contribution in [0.2, 0.25) is 0 Å². The van der Waals surface area contributed by atoms with Crippen LogP contribution < -0.4 is 9.62 Å².